The van der Waals surface area contributed by atoms with Crippen LogP contribution in [0.1, 0.15) is 12.0 Å². The van der Waals surface area contributed by atoms with Gasteiger partial charge in [-0.2, -0.15) is 0 Å². The summed E-state index contributed by atoms with van der Waals surface area (Å²) in [6.07, 6.45) is 4.12. The maximum atomic E-state index is 11.3. The van der Waals surface area contributed by atoms with Crippen molar-refractivity contribution in [3.63, 3.8) is 0 Å². The van der Waals surface area contributed by atoms with Crippen LogP contribution in [0.3, 0.4) is 0 Å². The van der Waals surface area contributed by atoms with Crippen LogP contribution in [0.25, 0.3) is 0 Å². The summed E-state index contributed by atoms with van der Waals surface area (Å²) < 4.78 is 0. The highest BCUT2D eigenvalue weighted by Gasteiger charge is 2.57. The van der Waals surface area contributed by atoms with Crippen LogP contribution in [0.15, 0.2) is 48.0 Å². The first-order valence-electron chi connectivity index (χ1n) is 5.22. The zero-order chi connectivity index (χ0) is 11.6. The molecule has 1 saturated carbocycles. The fraction of sp³-hybridized carbons (Fsp3) is 0.231. The molecule has 0 bridgehead atoms. The van der Waals surface area contributed by atoms with Crippen molar-refractivity contribution in [3.8, 4) is 0 Å². The van der Waals surface area contributed by atoms with E-state index in [1.807, 2.05) is 30.3 Å². The molecule has 2 rings (SSSR count). The number of primary amides is 1. The molecule has 0 unspecified atom stereocenters. The van der Waals surface area contributed by atoms with Gasteiger partial charge in [-0.15, -0.1) is 6.58 Å². The lowest BCUT2D eigenvalue weighted by Gasteiger charge is -2.05. The summed E-state index contributed by atoms with van der Waals surface area (Å²) >= 11 is 0. The maximum absolute atomic E-state index is 11.3. The monoisotopic (exact) mass is 214 g/mol. The Labute approximate surface area is 94.7 Å². The minimum Gasteiger partial charge on any atom is -0.368 e. The van der Waals surface area contributed by atoms with Crippen molar-refractivity contribution < 1.29 is 4.79 Å². The van der Waals surface area contributed by atoms with E-state index < -0.39 is 5.54 Å². The van der Waals surface area contributed by atoms with Gasteiger partial charge in [0.25, 0.3) is 0 Å². The Morgan fingerprint density at radius 1 is 1.50 bits per heavy atom. The van der Waals surface area contributed by atoms with E-state index in [-0.39, 0.29) is 11.8 Å². The molecule has 1 aliphatic carbocycles. The molecule has 1 amide bonds. The first-order valence-corrected chi connectivity index (χ1v) is 5.22. The molecule has 3 heteroatoms. The molecule has 3 nitrogen and oxygen atoms in total. The number of carbonyl (C=O) groups is 1. The second kappa shape index (κ2) is 3.93. The summed E-state index contributed by atoms with van der Waals surface area (Å²) in [5, 5.41) is 0. The Morgan fingerprint density at radius 3 is 2.69 bits per heavy atom. The van der Waals surface area contributed by atoms with Crippen LogP contribution < -0.4 is 5.73 Å². The molecule has 16 heavy (non-hydrogen) atoms. The largest absolute Gasteiger partial charge is 0.368 e. The lowest BCUT2D eigenvalue weighted by molar-refractivity contribution is -0.120. The minimum absolute atomic E-state index is 0.0879. The van der Waals surface area contributed by atoms with Crippen LogP contribution in [-0.2, 0) is 4.79 Å². The molecule has 0 aliphatic heterocycles. The van der Waals surface area contributed by atoms with Crippen molar-refractivity contribution >= 4 is 12.1 Å². The highest BCUT2D eigenvalue weighted by molar-refractivity contribution is 5.92. The number of nitrogens with two attached hydrogens (primary N) is 1. The summed E-state index contributed by atoms with van der Waals surface area (Å²) in [6, 6.07) is 9.66. The van der Waals surface area contributed by atoms with Crippen molar-refractivity contribution in [1.82, 2.24) is 0 Å². The molecule has 2 atom stereocenters. The molecule has 2 N–H and O–H groups in total. The Morgan fingerprint density at radius 2 is 2.19 bits per heavy atom. The summed E-state index contributed by atoms with van der Waals surface area (Å²) in [6.45, 7) is 3.67. The van der Waals surface area contributed by atoms with Gasteiger partial charge in [-0.05, 0) is 12.0 Å². The number of hydrogen-bond acceptors (Lipinski definition) is 2. The lowest BCUT2D eigenvalue weighted by Crippen LogP contribution is -2.30. The van der Waals surface area contributed by atoms with Crippen LogP contribution in [0.5, 0.6) is 0 Å². The van der Waals surface area contributed by atoms with Gasteiger partial charge >= 0.3 is 0 Å². The van der Waals surface area contributed by atoms with Crippen LogP contribution in [0.4, 0.5) is 0 Å². The quantitative estimate of drug-likeness (QED) is 0.599. The van der Waals surface area contributed by atoms with Crippen molar-refractivity contribution in [2.24, 2.45) is 16.6 Å². The molecule has 82 valence electrons. The smallest absolute Gasteiger partial charge is 0.245 e. The molecular formula is C13H14N2O. The fourth-order valence-corrected chi connectivity index (χ4v) is 1.78. The molecule has 0 spiro atoms. The van der Waals surface area contributed by atoms with E-state index in [0.29, 0.717) is 6.42 Å². The van der Waals surface area contributed by atoms with Crippen molar-refractivity contribution in [2.75, 3.05) is 0 Å². The predicted octanol–water partition coefficient (Wildman–Crippen LogP) is 1.54. The number of aliphatic imine (C=N–C) groups is 1. The third-order valence-corrected chi connectivity index (χ3v) is 2.94. The number of rotatable bonds is 4. The Kier molecular flexibility index (Phi) is 2.60. The van der Waals surface area contributed by atoms with Gasteiger partial charge in [-0.1, -0.05) is 36.4 Å². The number of carbonyl (C=O) groups excluding carboxylic acids is 1. The molecule has 1 aromatic carbocycles. The Hall–Kier alpha value is -1.90. The standard InChI is InChI=1S/C13H14N2O/c1-2-11-8-13(11,12(14)16)15-9-10-6-4-3-5-7-10/h2-7,9,11H,1,8H2,(H2,14,16)/t11-,13-/m1/s1. The second-order valence-electron chi connectivity index (χ2n) is 4.00. The van der Waals surface area contributed by atoms with Crippen molar-refractivity contribution in [3.05, 3.63) is 48.6 Å². The number of hydrogen-bond donors (Lipinski definition) is 1. The Balaban J connectivity index is 2.18. The van der Waals surface area contributed by atoms with Crippen molar-refractivity contribution in [1.29, 1.82) is 0 Å². The molecular weight excluding hydrogens is 200 g/mol. The highest BCUT2D eigenvalue weighted by Crippen LogP contribution is 2.47. The van der Waals surface area contributed by atoms with Gasteiger partial charge in [0.2, 0.25) is 5.91 Å². The maximum Gasteiger partial charge on any atom is 0.245 e. The van der Waals surface area contributed by atoms with Crippen LogP contribution >= 0.6 is 0 Å². The fourth-order valence-electron chi connectivity index (χ4n) is 1.78. The van der Waals surface area contributed by atoms with Gasteiger partial charge in [-0.25, -0.2) is 0 Å². The van der Waals surface area contributed by atoms with E-state index in [2.05, 4.69) is 11.6 Å². The van der Waals surface area contributed by atoms with E-state index in [9.17, 15) is 4.79 Å². The van der Waals surface area contributed by atoms with Crippen LogP contribution in [0.2, 0.25) is 0 Å². The second-order valence-corrected chi connectivity index (χ2v) is 4.00. The van der Waals surface area contributed by atoms with Gasteiger partial charge < -0.3 is 5.73 Å². The van der Waals surface area contributed by atoms with Gasteiger partial charge in [0.15, 0.2) is 0 Å². The van der Waals surface area contributed by atoms with E-state index in [0.717, 1.165) is 5.56 Å². The average molecular weight is 214 g/mol. The third kappa shape index (κ3) is 1.76. The first kappa shape index (κ1) is 10.6. The summed E-state index contributed by atoms with van der Waals surface area (Å²) in [5.74, 6) is -0.283. The van der Waals surface area contributed by atoms with E-state index in [1.165, 1.54) is 0 Å². The summed E-state index contributed by atoms with van der Waals surface area (Å²) in [7, 11) is 0. The molecule has 1 aromatic rings. The topological polar surface area (TPSA) is 55.4 Å². The number of benzene rings is 1. The normalized spacial score (nSPS) is 27.9. The Bertz CT molecular complexity index is 439. The molecule has 0 aromatic heterocycles. The highest BCUT2D eigenvalue weighted by atomic mass is 16.1. The van der Waals surface area contributed by atoms with Crippen molar-refractivity contribution in [2.45, 2.75) is 12.0 Å². The van der Waals surface area contributed by atoms with Gasteiger partial charge in [-0.3, -0.25) is 9.79 Å². The SMILES string of the molecule is C=C[C@@H]1C[C@]1(N=Cc1ccccc1)C(N)=O. The molecule has 0 radical (unpaired) electrons. The van der Waals surface area contributed by atoms with E-state index >= 15 is 0 Å². The van der Waals surface area contributed by atoms with Gasteiger partial charge in [0.1, 0.15) is 5.54 Å². The average Bonchev–Trinajstić information content (AvgIpc) is 3.03. The predicted molar refractivity (Wildman–Crippen MR) is 64.3 cm³/mol. The number of amides is 1. The summed E-state index contributed by atoms with van der Waals surface area (Å²) in [4.78, 5) is 15.7. The first-order chi connectivity index (χ1) is 7.69. The summed E-state index contributed by atoms with van der Waals surface area (Å²) in [5.41, 5.74) is 5.59. The number of nitrogens with zero attached hydrogens (tertiary/aromatic N) is 1. The van der Waals surface area contributed by atoms with E-state index in [4.69, 9.17) is 5.73 Å². The third-order valence-electron chi connectivity index (χ3n) is 2.94. The zero-order valence-corrected chi connectivity index (χ0v) is 8.97. The van der Waals surface area contributed by atoms with Gasteiger partial charge in [0, 0.05) is 12.1 Å². The lowest BCUT2D eigenvalue weighted by atomic mass is 10.2. The molecule has 1 aliphatic rings. The van der Waals surface area contributed by atoms with Crippen LogP contribution in [0, 0.1) is 5.92 Å². The van der Waals surface area contributed by atoms with Gasteiger partial charge in [0.05, 0.1) is 0 Å². The molecule has 1 fully saturated rings. The zero-order valence-electron chi connectivity index (χ0n) is 8.97. The van der Waals surface area contributed by atoms with Crippen LogP contribution in [-0.4, -0.2) is 17.7 Å². The molecule has 0 heterocycles. The molecule has 0 saturated heterocycles. The minimum atomic E-state index is -0.739. The van der Waals surface area contributed by atoms with E-state index in [1.54, 1.807) is 12.3 Å².